The summed E-state index contributed by atoms with van der Waals surface area (Å²) >= 11 is 0. The largest absolute Gasteiger partial charge is 0.326 e. The van der Waals surface area contributed by atoms with Gasteiger partial charge in [0.1, 0.15) is 0 Å². The number of nitrogens with one attached hydrogen (secondary N) is 1. The molecule has 2 atom stereocenters. The van der Waals surface area contributed by atoms with Crippen LogP contribution < -0.4 is 11.1 Å². The third kappa shape index (κ3) is 1.68. The van der Waals surface area contributed by atoms with Crippen molar-refractivity contribution in [2.45, 2.75) is 31.8 Å². The lowest BCUT2D eigenvalue weighted by molar-refractivity contribution is 0.416. The second-order valence-electron chi connectivity index (χ2n) is 3.95. The van der Waals surface area contributed by atoms with E-state index in [4.69, 9.17) is 5.73 Å². The molecule has 1 aromatic rings. The molecular weight excluding hydrogens is 172 g/mol. The maximum absolute atomic E-state index is 6.10. The Morgan fingerprint density at radius 2 is 2.29 bits per heavy atom. The van der Waals surface area contributed by atoms with Gasteiger partial charge in [0.15, 0.2) is 0 Å². The minimum absolute atomic E-state index is 0.233. The highest BCUT2D eigenvalue weighted by molar-refractivity contribution is 5.33. The molecule has 0 fully saturated rings. The fraction of sp³-hybridized carbons (Fsp3) is 0.500. The molecular formula is C12H18N2. The van der Waals surface area contributed by atoms with Crippen LogP contribution in [0.2, 0.25) is 0 Å². The lowest BCUT2D eigenvalue weighted by Crippen LogP contribution is -2.41. The van der Waals surface area contributed by atoms with Gasteiger partial charge in [-0.15, -0.1) is 0 Å². The zero-order valence-corrected chi connectivity index (χ0v) is 8.66. The van der Waals surface area contributed by atoms with E-state index in [1.807, 2.05) is 0 Å². The second-order valence-corrected chi connectivity index (χ2v) is 3.95. The van der Waals surface area contributed by atoms with Crippen molar-refractivity contribution < 1.29 is 0 Å². The van der Waals surface area contributed by atoms with Gasteiger partial charge in [-0.2, -0.15) is 0 Å². The van der Waals surface area contributed by atoms with Crippen molar-refractivity contribution in [1.29, 1.82) is 0 Å². The standard InChI is InChI=1S/C12H18N2/c1-2-11(13)12-10-6-4-3-5-9(10)7-8-14-12/h3-6,11-12,14H,2,7-8,13H2,1H3. The summed E-state index contributed by atoms with van der Waals surface area (Å²) in [5, 5.41) is 3.50. The Morgan fingerprint density at radius 1 is 1.50 bits per heavy atom. The average Bonchev–Trinajstić information content (AvgIpc) is 2.27. The smallest absolute Gasteiger partial charge is 0.0476 e. The Balaban J connectivity index is 2.30. The summed E-state index contributed by atoms with van der Waals surface area (Å²) < 4.78 is 0. The average molecular weight is 190 g/mol. The number of nitrogens with two attached hydrogens (primary N) is 1. The van der Waals surface area contributed by atoms with Crippen LogP contribution in [0, 0.1) is 0 Å². The molecule has 0 aromatic heterocycles. The van der Waals surface area contributed by atoms with E-state index >= 15 is 0 Å². The predicted molar refractivity (Wildman–Crippen MR) is 59.2 cm³/mol. The van der Waals surface area contributed by atoms with Gasteiger partial charge in [-0.05, 0) is 30.5 Å². The summed E-state index contributed by atoms with van der Waals surface area (Å²) in [4.78, 5) is 0. The van der Waals surface area contributed by atoms with Crippen molar-refractivity contribution >= 4 is 0 Å². The number of benzene rings is 1. The molecule has 2 nitrogen and oxygen atoms in total. The zero-order valence-electron chi connectivity index (χ0n) is 8.66. The van der Waals surface area contributed by atoms with E-state index < -0.39 is 0 Å². The molecule has 0 saturated carbocycles. The topological polar surface area (TPSA) is 38.0 Å². The molecule has 0 aliphatic carbocycles. The van der Waals surface area contributed by atoms with Crippen molar-refractivity contribution in [3.63, 3.8) is 0 Å². The Kier molecular flexibility index (Phi) is 2.85. The highest BCUT2D eigenvalue weighted by atomic mass is 15.0. The lowest BCUT2D eigenvalue weighted by Gasteiger charge is -2.30. The van der Waals surface area contributed by atoms with Crippen molar-refractivity contribution in [2.24, 2.45) is 5.73 Å². The molecule has 1 aromatic carbocycles. The SMILES string of the molecule is CCC(N)C1NCCc2ccccc21. The van der Waals surface area contributed by atoms with Crippen LogP contribution in [-0.2, 0) is 6.42 Å². The summed E-state index contributed by atoms with van der Waals surface area (Å²) in [5.41, 5.74) is 8.95. The molecule has 0 amide bonds. The minimum atomic E-state index is 0.233. The maximum atomic E-state index is 6.10. The molecule has 2 unspecified atom stereocenters. The molecule has 76 valence electrons. The second kappa shape index (κ2) is 4.11. The van der Waals surface area contributed by atoms with Gasteiger partial charge < -0.3 is 11.1 Å². The molecule has 1 aliphatic rings. The molecule has 14 heavy (non-hydrogen) atoms. The molecule has 3 N–H and O–H groups in total. The molecule has 0 saturated heterocycles. The van der Waals surface area contributed by atoms with Crippen LogP contribution in [0.5, 0.6) is 0 Å². The van der Waals surface area contributed by atoms with E-state index in [2.05, 4.69) is 36.5 Å². The van der Waals surface area contributed by atoms with E-state index in [1.54, 1.807) is 0 Å². The third-order valence-corrected chi connectivity index (χ3v) is 3.05. The van der Waals surface area contributed by atoms with Crippen LogP contribution in [-0.4, -0.2) is 12.6 Å². The van der Waals surface area contributed by atoms with Gasteiger partial charge in [0, 0.05) is 12.1 Å². The van der Waals surface area contributed by atoms with Gasteiger partial charge in [-0.3, -0.25) is 0 Å². The lowest BCUT2D eigenvalue weighted by atomic mass is 9.89. The van der Waals surface area contributed by atoms with Gasteiger partial charge >= 0.3 is 0 Å². The van der Waals surface area contributed by atoms with E-state index in [1.165, 1.54) is 11.1 Å². The summed E-state index contributed by atoms with van der Waals surface area (Å²) in [5.74, 6) is 0. The van der Waals surface area contributed by atoms with Crippen LogP contribution in [0.15, 0.2) is 24.3 Å². The third-order valence-electron chi connectivity index (χ3n) is 3.05. The summed E-state index contributed by atoms with van der Waals surface area (Å²) in [6, 6.07) is 9.20. The maximum Gasteiger partial charge on any atom is 0.0476 e. The van der Waals surface area contributed by atoms with Crippen molar-refractivity contribution in [3.8, 4) is 0 Å². The monoisotopic (exact) mass is 190 g/mol. The highest BCUT2D eigenvalue weighted by Gasteiger charge is 2.23. The van der Waals surface area contributed by atoms with Crippen LogP contribution >= 0.6 is 0 Å². The number of hydrogen-bond donors (Lipinski definition) is 2. The first-order chi connectivity index (χ1) is 6.83. The molecule has 1 aliphatic heterocycles. The van der Waals surface area contributed by atoms with Gasteiger partial charge in [-0.1, -0.05) is 31.2 Å². The van der Waals surface area contributed by atoms with Crippen LogP contribution in [0.1, 0.15) is 30.5 Å². The van der Waals surface area contributed by atoms with Gasteiger partial charge in [0.2, 0.25) is 0 Å². The Bertz CT molecular complexity index is 309. The zero-order chi connectivity index (χ0) is 9.97. The normalized spacial score (nSPS) is 22.9. The van der Waals surface area contributed by atoms with E-state index in [-0.39, 0.29) is 6.04 Å². The fourth-order valence-corrected chi connectivity index (χ4v) is 2.16. The molecule has 1 heterocycles. The van der Waals surface area contributed by atoms with Crippen molar-refractivity contribution in [3.05, 3.63) is 35.4 Å². The Hall–Kier alpha value is -0.860. The van der Waals surface area contributed by atoms with Crippen LogP contribution in [0.4, 0.5) is 0 Å². The van der Waals surface area contributed by atoms with E-state index in [9.17, 15) is 0 Å². The van der Waals surface area contributed by atoms with Gasteiger partial charge in [0.05, 0.1) is 0 Å². The summed E-state index contributed by atoms with van der Waals surface area (Å²) in [7, 11) is 0. The Labute approximate surface area is 85.5 Å². The molecule has 2 rings (SSSR count). The molecule has 0 spiro atoms. The summed E-state index contributed by atoms with van der Waals surface area (Å²) in [6.45, 7) is 3.19. The quantitative estimate of drug-likeness (QED) is 0.743. The summed E-state index contributed by atoms with van der Waals surface area (Å²) in [6.07, 6.45) is 2.15. The highest BCUT2D eigenvalue weighted by Crippen LogP contribution is 2.25. The van der Waals surface area contributed by atoms with Crippen molar-refractivity contribution in [1.82, 2.24) is 5.32 Å². The van der Waals surface area contributed by atoms with Gasteiger partial charge in [-0.25, -0.2) is 0 Å². The first-order valence-corrected chi connectivity index (χ1v) is 5.39. The van der Waals surface area contributed by atoms with Crippen LogP contribution in [0.3, 0.4) is 0 Å². The number of hydrogen-bond acceptors (Lipinski definition) is 2. The van der Waals surface area contributed by atoms with E-state index in [0.717, 1.165) is 19.4 Å². The van der Waals surface area contributed by atoms with E-state index in [0.29, 0.717) is 6.04 Å². The Morgan fingerprint density at radius 3 is 3.07 bits per heavy atom. The fourth-order valence-electron chi connectivity index (χ4n) is 2.16. The minimum Gasteiger partial charge on any atom is -0.326 e. The predicted octanol–water partition coefficient (Wildman–Crippen LogP) is 1.61. The molecule has 2 heteroatoms. The van der Waals surface area contributed by atoms with Crippen molar-refractivity contribution in [2.75, 3.05) is 6.54 Å². The van der Waals surface area contributed by atoms with Gasteiger partial charge in [0.25, 0.3) is 0 Å². The first-order valence-electron chi connectivity index (χ1n) is 5.39. The first kappa shape index (κ1) is 9.69. The van der Waals surface area contributed by atoms with Crippen LogP contribution in [0.25, 0.3) is 0 Å². The number of fused-ring (bicyclic) bond motifs is 1. The molecule has 0 radical (unpaired) electrons. The number of rotatable bonds is 2. The molecule has 0 bridgehead atoms.